The maximum atomic E-state index is 12.3. The van der Waals surface area contributed by atoms with Crippen molar-refractivity contribution in [3.05, 3.63) is 29.0 Å². The zero-order chi connectivity index (χ0) is 8.48. The van der Waals surface area contributed by atoms with Gasteiger partial charge in [0.15, 0.2) is 0 Å². The predicted octanol–water partition coefficient (Wildman–Crippen LogP) is 3.59. The molecule has 1 rings (SSSR count). The van der Waals surface area contributed by atoms with E-state index < -0.39 is 5.38 Å². The second kappa shape index (κ2) is 2.91. The van der Waals surface area contributed by atoms with Crippen molar-refractivity contribution in [2.75, 3.05) is 0 Å². The summed E-state index contributed by atoms with van der Waals surface area (Å²) in [5, 5.41) is -0.0527. The summed E-state index contributed by atoms with van der Waals surface area (Å²) < 4.78 is 24.7. The Morgan fingerprint density at radius 1 is 1.64 bits per heavy atom. The van der Waals surface area contributed by atoms with Gasteiger partial charge >= 0.3 is 5.38 Å². The van der Waals surface area contributed by atoms with Gasteiger partial charge in [0, 0.05) is 5.57 Å². The van der Waals surface area contributed by atoms with Crippen LogP contribution in [-0.2, 0) is 0 Å². The highest BCUT2D eigenvalue weighted by molar-refractivity contribution is 7.08. The first-order valence-electron chi connectivity index (χ1n) is 2.80. The molecule has 60 valence electrons. The van der Waals surface area contributed by atoms with E-state index in [4.69, 9.17) is 11.6 Å². The number of halogens is 3. The van der Waals surface area contributed by atoms with E-state index in [1.165, 1.54) is 11.3 Å². The van der Waals surface area contributed by atoms with Gasteiger partial charge in [-0.1, -0.05) is 6.58 Å². The normalized spacial score (nSPS) is 11.5. The van der Waals surface area contributed by atoms with Gasteiger partial charge in [-0.15, -0.1) is 0 Å². The Kier molecular flexibility index (Phi) is 2.30. The van der Waals surface area contributed by atoms with E-state index in [1.807, 2.05) is 0 Å². The zero-order valence-corrected chi connectivity index (χ0v) is 7.05. The highest BCUT2D eigenvalue weighted by Crippen LogP contribution is 2.35. The van der Waals surface area contributed by atoms with Crippen molar-refractivity contribution in [3.8, 4) is 0 Å². The molecule has 0 N–H and O–H groups in total. The lowest BCUT2D eigenvalue weighted by atomic mass is 10.2. The number of alkyl halides is 3. The minimum atomic E-state index is -3.33. The average Bonchev–Trinajstić information content (AvgIpc) is 2.34. The maximum Gasteiger partial charge on any atom is 0.348 e. The second-order valence-corrected chi connectivity index (χ2v) is 3.24. The Labute approximate surface area is 72.1 Å². The fraction of sp³-hybridized carbons (Fsp3) is 0.143. The number of hydrogen-bond acceptors (Lipinski definition) is 1. The minimum Gasteiger partial charge on any atom is -0.183 e. The summed E-state index contributed by atoms with van der Waals surface area (Å²) in [7, 11) is 0. The van der Waals surface area contributed by atoms with E-state index in [9.17, 15) is 8.78 Å². The first kappa shape index (κ1) is 8.68. The van der Waals surface area contributed by atoms with Gasteiger partial charge in [0.25, 0.3) is 0 Å². The molecule has 0 bridgehead atoms. The summed E-state index contributed by atoms with van der Waals surface area (Å²) in [5.41, 5.74) is 0.0513. The molecule has 0 unspecified atom stereocenters. The molecule has 1 heterocycles. The molecule has 11 heavy (non-hydrogen) atoms. The number of allylic oxidation sites excluding steroid dienone is 1. The van der Waals surface area contributed by atoms with Crippen LogP contribution < -0.4 is 0 Å². The third-order valence-electron chi connectivity index (χ3n) is 1.21. The van der Waals surface area contributed by atoms with Crippen LogP contribution in [0, 0.1) is 0 Å². The van der Waals surface area contributed by atoms with E-state index in [1.54, 1.807) is 16.8 Å². The molecule has 0 fully saturated rings. The topological polar surface area (TPSA) is 0 Å². The smallest absolute Gasteiger partial charge is 0.183 e. The van der Waals surface area contributed by atoms with E-state index in [2.05, 4.69) is 6.58 Å². The lowest BCUT2D eigenvalue weighted by molar-refractivity contribution is 0.165. The molecular formula is C7H5ClF2S. The first-order valence-corrected chi connectivity index (χ1v) is 4.12. The summed E-state index contributed by atoms with van der Waals surface area (Å²) in [4.78, 5) is 0. The maximum absolute atomic E-state index is 12.3. The van der Waals surface area contributed by atoms with Crippen LogP contribution in [0.15, 0.2) is 23.4 Å². The van der Waals surface area contributed by atoms with Gasteiger partial charge in [0.1, 0.15) is 0 Å². The minimum absolute atomic E-state index is 0.347. The molecule has 1 aromatic heterocycles. The highest BCUT2D eigenvalue weighted by Gasteiger charge is 2.30. The third kappa shape index (κ3) is 2.01. The molecule has 0 amide bonds. The summed E-state index contributed by atoms with van der Waals surface area (Å²) in [6, 6.07) is 1.56. The monoisotopic (exact) mass is 194 g/mol. The lowest BCUT2D eigenvalue weighted by Crippen LogP contribution is -2.06. The summed E-state index contributed by atoms with van der Waals surface area (Å²) in [6.07, 6.45) is 0. The Balaban J connectivity index is 2.88. The van der Waals surface area contributed by atoms with Crippen molar-refractivity contribution in [2.45, 2.75) is 5.38 Å². The van der Waals surface area contributed by atoms with Crippen molar-refractivity contribution in [1.82, 2.24) is 0 Å². The molecule has 0 spiro atoms. The molecule has 0 atom stereocenters. The molecule has 0 radical (unpaired) electrons. The molecule has 0 saturated heterocycles. The van der Waals surface area contributed by atoms with Crippen LogP contribution in [0.5, 0.6) is 0 Å². The van der Waals surface area contributed by atoms with E-state index in [0.717, 1.165) is 0 Å². The molecule has 0 aliphatic rings. The molecule has 0 aliphatic heterocycles. The van der Waals surface area contributed by atoms with Crippen LogP contribution in [0.25, 0.3) is 5.57 Å². The first-order chi connectivity index (χ1) is 5.02. The van der Waals surface area contributed by atoms with E-state index in [0.29, 0.717) is 5.56 Å². The Bertz CT molecular complexity index is 248. The van der Waals surface area contributed by atoms with Crippen LogP contribution in [0.1, 0.15) is 5.56 Å². The van der Waals surface area contributed by atoms with Gasteiger partial charge < -0.3 is 0 Å². The Morgan fingerprint density at radius 3 is 2.64 bits per heavy atom. The number of thiophene rings is 1. The van der Waals surface area contributed by atoms with Crippen molar-refractivity contribution < 1.29 is 8.78 Å². The molecule has 1 aromatic rings. The summed E-state index contributed by atoms with van der Waals surface area (Å²) in [5.74, 6) is 0. The van der Waals surface area contributed by atoms with Gasteiger partial charge in [-0.05, 0) is 34.0 Å². The Hall–Kier alpha value is -0.410. The molecule has 0 nitrogen and oxygen atoms in total. The van der Waals surface area contributed by atoms with Gasteiger partial charge in [0.2, 0.25) is 0 Å². The van der Waals surface area contributed by atoms with Crippen LogP contribution in [0.3, 0.4) is 0 Å². The van der Waals surface area contributed by atoms with Gasteiger partial charge in [-0.2, -0.15) is 20.1 Å². The van der Waals surface area contributed by atoms with Gasteiger partial charge in [-0.3, -0.25) is 0 Å². The predicted molar refractivity (Wildman–Crippen MR) is 44.2 cm³/mol. The molecule has 0 aromatic carbocycles. The second-order valence-electron chi connectivity index (χ2n) is 1.99. The van der Waals surface area contributed by atoms with Crippen molar-refractivity contribution >= 4 is 28.5 Å². The molecule has 4 heteroatoms. The molecule has 0 aliphatic carbocycles. The number of rotatable bonds is 2. The lowest BCUT2D eigenvalue weighted by Gasteiger charge is -2.08. The van der Waals surface area contributed by atoms with Crippen LogP contribution >= 0.6 is 22.9 Å². The average molecular weight is 195 g/mol. The highest BCUT2D eigenvalue weighted by atomic mass is 35.5. The summed E-state index contributed by atoms with van der Waals surface area (Å²) in [6.45, 7) is 3.19. The fourth-order valence-corrected chi connectivity index (χ4v) is 1.38. The van der Waals surface area contributed by atoms with Gasteiger partial charge in [-0.25, -0.2) is 0 Å². The van der Waals surface area contributed by atoms with Crippen molar-refractivity contribution in [2.24, 2.45) is 0 Å². The van der Waals surface area contributed by atoms with Crippen molar-refractivity contribution in [1.29, 1.82) is 0 Å². The number of hydrogen-bond donors (Lipinski definition) is 0. The zero-order valence-electron chi connectivity index (χ0n) is 5.48. The van der Waals surface area contributed by atoms with Gasteiger partial charge in [0.05, 0.1) is 0 Å². The van der Waals surface area contributed by atoms with Crippen LogP contribution in [0.4, 0.5) is 8.78 Å². The van der Waals surface area contributed by atoms with E-state index in [-0.39, 0.29) is 5.57 Å². The van der Waals surface area contributed by atoms with Crippen LogP contribution in [-0.4, -0.2) is 5.38 Å². The Morgan fingerprint density at radius 2 is 2.27 bits per heavy atom. The quantitative estimate of drug-likeness (QED) is 0.632. The molecular weight excluding hydrogens is 190 g/mol. The summed E-state index contributed by atoms with van der Waals surface area (Å²) >= 11 is 6.08. The largest absolute Gasteiger partial charge is 0.348 e. The third-order valence-corrected chi connectivity index (χ3v) is 2.12. The van der Waals surface area contributed by atoms with E-state index >= 15 is 0 Å². The molecule has 0 saturated carbocycles. The van der Waals surface area contributed by atoms with Crippen molar-refractivity contribution in [3.63, 3.8) is 0 Å². The standard InChI is InChI=1S/C7H5ClF2S/c1-5(7(8,9)10)6-2-3-11-4-6/h2-4H,1H2. The SMILES string of the molecule is C=C(c1ccsc1)C(F)(F)Cl. The fourth-order valence-electron chi connectivity index (χ4n) is 0.600. The van der Waals surface area contributed by atoms with Crippen LogP contribution in [0.2, 0.25) is 0 Å².